The van der Waals surface area contributed by atoms with Gasteiger partial charge in [0, 0.05) is 24.5 Å². The second kappa shape index (κ2) is 11.4. The van der Waals surface area contributed by atoms with Crippen LogP contribution < -0.4 is 10.6 Å². The van der Waals surface area contributed by atoms with Crippen LogP contribution in [0, 0.1) is 5.82 Å². The number of benzene rings is 2. The van der Waals surface area contributed by atoms with Crippen molar-refractivity contribution in [1.29, 1.82) is 0 Å². The van der Waals surface area contributed by atoms with Crippen LogP contribution in [0.1, 0.15) is 16.7 Å². The number of nitrogens with zero attached hydrogens (tertiary/aromatic N) is 1. The molecular weight excluding hydrogens is 429 g/mol. The van der Waals surface area contributed by atoms with Crippen LogP contribution in [0.4, 0.5) is 14.9 Å². The van der Waals surface area contributed by atoms with Crippen molar-refractivity contribution in [2.75, 3.05) is 5.32 Å². The number of aromatic nitrogens is 1. The molecule has 0 spiro atoms. The highest BCUT2D eigenvalue weighted by atomic mass is 19.1. The molecule has 0 aliphatic heterocycles. The number of aliphatic carboxylic acids is 1. The monoisotopic (exact) mass is 451 g/mol. The molecule has 0 saturated carbocycles. The van der Waals surface area contributed by atoms with Crippen molar-refractivity contribution in [3.8, 4) is 0 Å². The van der Waals surface area contributed by atoms with Crippen molar-refractivity contribution in [2.24, 2.45) is 0 Å². The van der Waals surface area contributed by atoms with E-state index < -0.39 is 18.1 Å². The second-order valence-electron chi connectivity index (χ2n) is 7.23. The average Bonchev–Trinajstić information content (AvgIpc) is 2.80. The largest absolute Gasteiger partial charge is 0.480 e. The first-order valence-corrected chi connectivity index (χ1v) is 10.1. The van der Waals surface area contributed by atoms with E-state index in [1.54, 1.807) is 54.7 Å². The molecule has 0 fully saturated rings. The standard InChI is InChI=1S/C24H22FN3O5/c25-19-7-3-16(4-8-19)13-22(29)27-20-9-5-17(6-10-20)15-33-24(32)28-21(23(30)31)12-18-2-1-11-26-14-18/h1-11,14,21H,12-13,15H2,(H,27,29)(H,28,32)(H,30,31)/t21-/m0/s1. The number of rotatable bonds is 9. The van der Waals surface area contributed by atoms with Crippen molar-refractivity contribution < 1.29 is 28.6 Å². The molecule has 0 aliphatic rings. The normalized spacial score (nSPS) is 11.3. The summed E-state index contributed by atoms with van der Waals surface area (Å²) in [7, 11) is 0. The third-order valence-corrected chi connectivity index (χ3v) is 4.64. The van der Waals surface area contributed by atoms with Gasteiger partial charge in [-0.3, -0.25) is 9.78 Å². The molecule has 0 bridgehead atoms. The fourth-order valence-corrected chi connectivity index (χ4v) is 2.96. The molecule has 0 saturated heterocycles. The van der Waals surface area contributed by atoms with Crippen molar-refractivity contribution >= 4 is 23.7 Å². The first kappa shape index (κ1) is 23.4. The van der Waals surface area contributed by atoms with E-state index >= 15 is 0 Å². The summed E-state index contributed by atoms with van der Waals surface area (Å²) in [4.78, 5) is 39.5. The molecule has 0 aliphatic carbocycles. The van der Waals surface area contributed by atoms with Gasteiger partial charge in [0.05, 0.1) is 6.42 Å². The van der Waals surface area contributed by atoms with Crippen molar-refractivity contribution in [3.05, 3.63) is 95.6 Å². The highest BCUT2D eigenvalue weighted by Crippen LogP contribution is 2.12. The molecule has 1 aromatic heterocycles. The summed E-state index contributed by atoms with van der Waals surface area (Å²) < 4.78 is 18.1. The van der Waals surface area contributed by atoms with Gasteiger partial charge in [0.25, 0.3) is 0 Å². The predicted octanol–water partition coefficient (Wildman–Crippen LogP) is 3.32. The summed E-state index contributed by atoms with van der Waals surface area (Å²) in [6.45, 7) is -0.0745. The minimum atomic E-state index is -1.18. The number of hydrogen-bond acceptors (Lipinski definition) is 5. The lowest BCUT2D eigenvalue weighted by atomic mass is 10.1. The fourth-order valence-electron chi connectivity index (χ4n) is 2.96. The van der Waals surface area contributed by atoms with Crippen LogP contribution in [-0.2, 0) is 33.8 Å². The number of ether oxygens (including phenoxy) is 1. The third-order valence-electron chi connectivity index (χ3n) is 4.64. The van der Waals surface area contributed by atoms with E-state index in [2.05, 4.69) is 15.6 Å². The van der Waals surface area contributed by atoms with Gasteiger partial charge in [0.15, 0.2) is 0 Å². The van der Waals surface area contributed by atoms with Gasteiger partial charge >= 0.3 is 12.1 Å². The lowest BCUT2D eigenvalue weighted by Gasteiger charge is -2.14. The van der Waals surface area contributed by atoms with Crippen LogP contribution in [-0.4, -0.2) is 34.1 Å². The van der Waals surface area contributed by atoms with E-state index in [1.165, 1.54) is 18.3 Å². The Labute approximate surface area is 189 Å². The van der Waals surface area contributed by atoms with Crippen LogP contribution in [0.3, 0.4) is 0 Å². The van der Waals surface area contributed by atoms with Crippen LogP contribution in [0.15, 0.2) is 73.1 Å². The van der Waals surface area contributed by atoms with Crippen LogP contribution in [0.2, 0.25) is 0 Å². The molecule has 0 radical (unpaired) electrons. The zero-order valence-corrected chi connectivity index (χ0v) is 17.5. The fraction of sp³-hybridized carbons (Fsp3) is 0.167. The van der Waals surface area contributed by atoms with Gasteiger partial charge in [-0.1, -0.05) is 30.3 Å². The molecule has 3 N–H and O–H groups in total. The number of carbonyl (C=O) groups is 3. The number of carboxylic acids is 1. The molecular formula is C24H22FN3O5. The minimum absolute atomic E-state index is 0.0740. The summed E-state index contributed by atoms with van der Waals surface area (Å²) >= 11 is 0. The lowest BCUT2D eigenvalue weighted by Crippen LogP contribution is -2.42. The Balaban J connectivity index is 1.46. The average molecular weight is 451 g/mol. The van der Waals surface area contributed by atoms with Gasteiger partial charge in [-0.05, 0) is 47.0 Å². The summed E-state index contributed by atoms with van der Waals surface area (Å²) in [6.07, 6.45) is 2.43. The molecule has 1 heterocycles. The zero-order chi connectivity index (χ0) is 23.6. The second-order valence-corrected chi connectivity index (χ2v) is 7.23. The minimum Gasteiger partial charge on any atom is -0.480 e. The van der Waals surface area contributed by atoms with Gasteiger partial charge in [0.1, 0.15) is 18.5 Å². The molecule has 0 unspecified atom stereocenters. The maximum Gasteiger partial charge on any atom is 0.408 e. The zero-order valence-electron chi connectivity index (χ0n) is 17.5. The van der Waals surface area contributed by atoms with E-state index in [-0.39, 0.29) is 31.2 Å². The Hall–Kier alpha value is -4.27. The van der Waals surface area contributed by atoms with Crippen LogP contribution >= 0.6 is 0 Å². The summed E-state index contributed by atoms with van der Waals surface area (Å²) in [5.41, 5.74) is 2.56. The van der Waals surface area contributed by atoms with Crippen LogP contribution in [0.25, 0.3) is 0 Å². The van der Waals surface area contributed by atoms with E-state index in [9.17, 15) is 23.9 Å². The summed E-state index contributed by atoms with van der Waals surface area (Å²) in [6, 6.07) is 14.6. The number of carbonyl (C=O) groups excluding carboxylic acids is 2. The first-order chi connectivity index (χ1) is 15.9. The van der Waals surface area contributed by atoms with Crippen molar-refractivity contribution in [1.82, 2.24) is 10.3 Å². The number of hydrogen-bond donors (Lipinski definition) is 3. The number of amides is 2. The Morgan fingerprint density at radius 2 is 1.67 bits per heavy atom. The molecule has 3 rings (SSSR count). The first-order valence-electron chi connectivity index (χ1n) is 10.1. The van der Waals surface area contributed by atoms with Crippen LogP contribution in [0.5, 0.6) is 0 Å². The number of pyridine rings is 1. The number of nitrogens with one attached hydrogen (secondary N) is 2. The van der Waals surface area contributed by atoms with E-state index in [1.807, 2.05) is 0 Å². The molecule has 2 amide bonds. The quantitative estimate of drug-likeness (QED) is 0.459. The van der Waals surface area contributed by atoms with Gasteiger partial charge in [0.2, 0.25) is 5.91 Å². The molecule has 8 nitrogen and oxygen atoms in total. The van der Waals surface area contributed by atoms with Gasteiger partial charge in [-0.2, -0.15) is 0 Å². The maximum absolute atomic E-state index is 12.9. The SMILES string of the molecule is O=C(Cc1ccc(F)cc1)Nc1ccc(COC(=O)N[C@@H](Cc2cccnc2)C(=O)O)cc1. The number of carboxylic acid groups (broad SMARTS) is 1. The Morgan fingerprint density at radius 3 is 2.30 bits per heavy atom. The summed E-state index contributed by atoms with van der Waals surface area (Å²) in [5, 5.41) is 14.4. The van der Waals surface area contributed by atoms with Crippen molar-refractivity contribution in [2.45, 2.75) is 25.5 Å². The number of anilines is 1. The lowest BCUT2D eigenvalue weighted by molar-refractivity contribution is -0.139. The highest BCUT2D eigenvalue weighted by Gasteiger charge is 2.21. The molecule has 170 valence electrons. The Morgan fingerprint density at radius 1 is 0.970 bits per heavy atom. The third kappa shape index (κ3) is 7.73. The maximum atomic E-state index is 12.9. The molecule has 2 aromatic carbocycles. The Kier molecular flexibility index (Phi) is 8.07. The van der Waals surface area contributed by atoms with E-state index in [0.29, 0.717) is 22.4 Å². The van der Waals surface area contributed by atoms with Crippen molar-refractivity contribution in [3.63, 3.8) is 0 Å². The molecule has 33 heavy (non-hydrogen) atoms. The summed E-state index contributed by atoms with van der Waals surface area (Å²) in [5.74, 6) is -1.80. The number of halogens is 1. The smallest absolute Gasteiger partial charge is 0.408 e. The van der Waals surface area contributed by atoms with Gasteiger partial charge in [-0.15, -0.1) is 0 Å². The topological polar surface area (TPSA) is 118 Å². The number of alkyl carbamates (subject to hydrolysis) is 1. The molecule has 3 aromatic rings. The predicted molar refractivity (Wildman–Crippen MR) is 118 cm³/mol. The van der Waals surface area contributed by atoms with Gasteiger partial charge < -0.3 is 20.5 Å². The Bertz CT molecular complexity index is 1090. The molecule has 1 atom stereocenters. The van der Waals surface area contributed by atoms with Gasteiger partial charge in [-0.25, -0.2) is 14.0 Å². The van der Waals surface area contributed by atoms with E-state index in [0.717, 1.165) is 0 Å². The molecule has 9 heteroatoms. The van der Waals surface area contributed by atoms with E-state index in [4.69, 9.17) is 4.74 Å². The highest BCUT2D eigenvalue weighted by molar-refractivity contribution is 5.92.